The van der Waals surface area contributed by atoms with E-state index >= 15 is 0 Å². The number of nitrogen functional groups attached to an aromatic ring is 1. The van der Waals surface area contributed by atoms with Gasteiger partial charge in [0.05, 0.1) is 0 Å². The van der Waals surface area contributed by atoms with Crippen LogP contribution < -0.4 is 15.2 Å². The van der Waals surface area contributed by atoms with Crippen molar-refractivity contribution >= 4 is 22.0 Å². The quantitative estimate of drug-likeness (QED) is 0.543. The average molecular weight is 288 g/mol. The van der Waals surface area contributed by atoms with Crippen molar-refractivity contribution in [3.8, 4) is 5.75 Å². The number of carbonyl (C=O) groups excluding carboxylic acids is 1. The van der Waals surface area contributed by atoms with Gasteiger partial charge in [0.1, 0.15) is 5.75 Å². The Morgan fingerprint density at radius 1 is 1.42 bits per heavy atom. The molecule has 1 amide bonds. The summed E-state index contributed by atoms with van der Waals surface area (Å²) in [5, 5.41) is 2.68. The van der Waals surface area contributed by atoms with Gasteiger partial charge in [0.15, 0.2) is 0 Å². The highest BCUT2D eigenvalue weighted by molar-refractivity contribution is 7.81. The van der Waals surface area contributed by atoms with Crippen molar-refractivity contribution in [1.82, 2.24) is 5.32 Å². The molecular formula is C11H16N2O5S. The standard InChI is InChI=1S/C7H9NO4S.C4H7NO/c1-5-4-6(2-3-7(5)8)12-13(9,10)11;6-4-2-1-3-5-4/h2-4H,8H2,1H3,(H,9,10,11);1-3H2,(H,5,6). The van der Waals surface area contributed by atoms with E-state index in [1.54, 1.807) is 6.92 Å². The molecule has 0 unspecified atom stereocenters. The molecule has 2 rings (SSSR count). The normalized spacial score (nSPS) is 14.3. The number of nitrogens with one attached hydrogen (secondary N) is 1. The molecule has 7 nitrogen and oxygen atoms in total. The van der Waals surface area contributed by atoms with E-state index in [0.29, 0.717) is 11.3 Å². The lowest BCUT2D eigenvalue weighted by Gasteiger charge is -2.03. The number of amides is 1. The summed E-state index contributed by atoms with van der Waals surface area (Å²) in [6.45, 7) is 2.59. The highest BCUT2D eigenvalue weighted by Crippen LogP contribution is 2.19. The molecule has 1 fully saturated rings. The van der Waals surface area contributed by atoms with Crippen LogP contribution in [0.5, 0.6) is 5.75 Å². The van der Waals surface area contributed by atoms with Crippen LogP contribution in [0.3, 0.4) is 0 Å². The number of hydrogen-bond acceptors (Lipinski definition) is 5. The summed E-state index contributed by atoms with van der Waals surface area (Å²) in [6.07, 6.45) is 1.76. The Balaban J connectivity index is 0.000000250. The van der Waals surface area contributed by atoms with Crippen molar-refractivity contribution < 1.29 is 21.9 Å². The monoisotopic (exact) mass is 288 g/mol. The molecule has 19 heavy (non-hydrogen) atoms. The van der Waals surface area contributed by atoms with E-state index in [1.165, 1.54) is 18.2 Å². The van der Waals surface area contributed by atoms with E-state index < -0.39 is 10.4 Å². The zero-order valence-electron chi connectivity index (χ0n) is 10.4. The molecule has 4 N–H and O–H groups in total. The maximum Gasteiger partial charge on any atom is 0.446 e. The first-order valence-electron chi connectivity index (χ1n) is 5.57. The van der Waals surface area contributed by atoms with Crippen molar-refractivity contribution in [2.24, 2.45) is 0 Å². The van der Waals surface area contributed by atoms with E-state index in [4.69, 9.17) is 10.3 Å². The Bertz CT molecular complexity index is 548. The molecule has 8 heteroatoms. The van der Waals surface area contributed by atoms with Gasteiger partial charge < -0.3 is 15.2 Å². The van der Waals surface area contributed by atoms with Crippen molar-refractivity contribution in [3.05, 3.63) is 23.8 Å². The molecule has 0 aliphatic carbocycles. The molecule has 0 aromatic heterocycles. The first-order valence-corrected chi connectivity index (χ1v) is 6.94. The highest BCUT2D eigenvalue weighted by Gasteiger charge is 2.07. The predicted molar refractivity (Wildman–Crippen MR) is 70.0 cm³/mol. The number of nitrogens with two attached hydrogens (primary N) is 1. The van der Waals surface area contributed by atoms with Crippen LogP contribution in [0.15, 0.2) is 18.2 Å². The molecule has 1 aliphatic heterocycles. The Morgan fingerprint density at radius 2 is 2.11 bits per heavy atom. The first kappa shape index (κ1) is 15.3. The van der Waals surface area contributed by atoms with Gasteiger partial charge in [0, 0.05) is 18.7 Å². The van der Waals surface area contributed by atoms with Crippen molar-refractivity contribution in [3.63, 3.8) is 0 Å². The minimum atomic E-state index is -4.45. The zero-order chi connectivity index (χ0) is 14.5. The number of benzene rings is 1. The lowest BCUT2D eigenvalue weighted by atomic mass is 10.2. The van der Waals surface area contributed by atoms with Crippen molar-refractivity contribution in [2.75, 3.05) is 12.3 Å². The molecule has 0 saturated carbocycles. The Hall–Kier alpha value is -1.80. The second-order valence-electron chi connectivity index (χ2n) is 3.98. The van der Waals surface area contributed by atoms with Crippen LogP contribution in [-0.2, 0) is 15.2 Å². The van der Waals surface area contributed by atoms with Crippen molar-refractivity contribution in [2.45, 2.75) is 19.8 Å². The van der Waals surface area contributed by atoms with Gasteiger partial charge in [-0.3, -0.25) is 9.35 Å². The summed E-state index contributed by atoms with van der Waals surface area (Å²) in [5.41, 5.74) is 6.70. The van der Waals surface area contributed by atoms with Gasteiger partial charge in [-0.25, -0.2) is 0 Å². The van der Waals surface area contributed by atoms with Crippen LogP contribution in [-0.4, -0.2) is 25.4 Å². The summed E-state index contributed by atoms with van der Waals surface area (Å²) in [4.78, 5) is 10.1. The number of carbonyl (C=O) groups is 1. The maximum atomic E-state index is 10.3. The van der Waals surface area contributed by atoms with Crippen LogP contribution in [0.25, 0.3) is 0 Å². The van der Waals surface area contributed by atoms with Gasteiger partial charge in [-0.1, -0.05) is 0 Å². The van der Waals surface area contributed by atoms with Gasteiger partial charge in [0.2, 0.25) is 5.91 Å². The highest BCUT2D eigenvalue weighted by atomic mass is 32.3. The predicted octanol–water partition coefficient (Wildman–Crippen LogP) is 0.655. The molecular weight excluding hydrogens is 272 g/mol. The van der Waals surface area contributed by atoms with E-state index in [2.05, 4.69) is 9.50 Å². The summed E-state index contributed by atoms with van der Waals surface area (Å²) in [7, 11) is -4.45. The second kappa shape index (κ2) is 6.39. The number of aryl methyl sites for hydroxylation is 1. The lowest BCUT2D eigenvalue weighted by Crippen LogP contribution is -2.12. The summed E-state index contributed by atoms with van der Waals surface area (Å²) < 4.78 is 33.2. The Kier molecular flexibility index (Phi) is 5.13. The Labute approximate surface area is 111 Å². The first-order chi connectivity index (χ1) is 8.78. The van der Waals surface area contributed by atoms with Crippen LogP contribution in [0.4, 0.5) is 5.69 Å². The van der Waals surface area contributed by atoms with Gasteiger partial charge in [-0.2, -0.15) is 8.42 Å². The number of anilines is 1. The molecule has 1 aliphatic rings. The van der Waals surface area contributed by atoms with E-state index in [0.717, 1.165) is 19.4 Å². The molecule has 1 aromatic rings. The third-order valence-electron chi connectivity index (χ3n) is 2.35. The molecule has 0 spiro atoms. The Morgan fingerprint density at radius 3 is 2.47 bits per heavy atom. The fourth-order valence-corrected chi connectivity index (χ4v) is 1.73. The molecule has 1 aromatic carbocycles. The van der Waals surface area contributed by atoms with Crippen LogP contribution in [0.2, 0.25) is 0 Å². The lowest BCUT2D eigenvalue weighted by molar-refractivity contribution is -0.119. The SMILES string of the molecule is Cc1cc(OS(=O)(=O)O)ccc1N.O=C1CCCN1. The van der Waals surface area contributed by atoms with E-state index in [1.807, 2.05) is 0 Å². The summed E-state index contributed by atoms with van der Waals surface area (Å²) >= 11 is 0. The van der Waals surface area contributed by atoms with Gasteiger partial charge in [-0.15, -0.1) is 0 Å². The fourth-order valence-electron chi connectivity index (χ4n) is 1.39. The topological polar surface area (TPSA) is 119 Å². The minimum absolute atomic E-state index is 0.0363. The fraction of sp³-hybridized carbons (Fsp3) is 0.364. The van der Waals surface area contributed by atoms with Crippen LogP contribution in [0, 0.1) is 6.92 Å². The van der Waals surface area contributed by atoms with Crippen molar-refractivity contribution in [1.29, 1.82) is 0 Å². The molecule has 106 valence electrons. The van der Waals surface area contributed by atoms with Gasteiger partial charge in [-0.05, 0) is 37.1 Å². The largest absolute Gasteiger partial charge is 0.446 e. The molecule has 1 heterocycles. The molecule has 0 radical (unpaired) electrons. The van der Waals surface area contributed by atoms with Gasteiger partial charge >= 0.3 is 10.4 Å². The molecule has 0 atom stereocenters. The average Bonchev–Trinajstić information content (AvgIpc) is 2.74. The zero-order valence-corrected chi connectivity index (χ0v) is 11.2. The maximum absolute atomic E-state index is 10.3. The van der Waals surface area contributed by atoms with Gasteiger partial charge in [0.25, 0.3) is 0 Å². The third-order valence-corrected chi connectivity index (χ3v) is 2.75. The van der Waals surface area contributed by atoms with E-state index in [9.17, 15) is 13.2 Å². The third kappa shape index (κ3) is 6.07. The van der Waals surface area contributed by atoms with Crippen LogP contribution in [0.1, 0.15) is 18.4 Å². The van der Waals surface area contributed by atoms with Crippen LogP contribution >= 0.6 is 0 Å². The molecule has 1 saturated heterocycles. The van der Waals surface area contributed by atoms with E-state index in [-0.39, 0.29) is 11.7 Å². The summed E-state index contributed by atoms with van der Waals surface area (Å²) in [5.74, 6) is 0.240. The smallest absolute Gasteiger partial charge is 0.399 e. The minimum Gasteiger partial charge on any atom is -0.399 e. The number of hydrogen-bond donors (Lipinski definition) is 3. The molecule has 0 bridgehead atoms. The summed E-state index contributed by atoms with van der Waals surface area (Å²) in [6, 6.07) is 4.27. The second-order valence-corrected chi connectivity index (χ2v) is 5.01. The number of rotatable bonds is 2.